The standard InChI is InChI=1S/C40H47F2N5O7/c1-5-29-31(42)11-10-24-17-28(48)18-30(34(24)29)32-22-52-35-36(46-14-8-7-9-26(21-46)43-33(49)6-2)44-38(45-37(35)54-32)53-23-40(39(3,4)50)19-25(41)20-47(40)27-12-15-51-16-13-27/h1,6,10-11,17-18,25-27,32,48,50H,2,7-9,12-16,19-23H2,3-4H3,(H,43,49)/t25-,26?,32?,40+/m1/s1. The van der Waals surface area contributed by atoms with Crippen LogP contribution < -0.4 is 24.4 Å². The van der Waals surface area contributed by atoms with Crippen LogP contribution in [0.1, 0.15) is 69.6 Å². The number of carbonyl (C=O) groups is 1. The van der Waals surface area contributed by atoms with E-state index in [4.69, 9.17) is 30.4 Å². The first kappa shape index (κ1) is 37.6. The maximum atomic E-state index is 15.4. The normalized spacial score (nSPS) is 25.2. The number of ether oxygens (including phenoxy) is 4. The zero-order valence-electron chi connectivity index (χ0n) is 30.7. The molecule has 4 atom stereocenters. The predicted molar refractivity (Wildman–Crippen MR) is 197 cm³/mol. The number of alkyl halides is 1. The van der Waals surface area contributed by atoms with Gasteiger partial charge < -0.3 is 39.4 Å². The average molecular weight is 748 g/mol. The Balaban J connectivity index is 1.28. The van der Waals surface area contributed by atoms with Crippen molar-refractivity contribution in [2.24, 2.45) is 0 Å². The van der Waals surface area contributed by atoms with Gasteiger partial charge in [0, 0.05) is 62.3 Å². The summed E-state index contributed by atoms with van der Waals surface area (Å²) in [4.78, 5) is 25.8. The summed E-state index contributed by atoms with van der Waals surface area (Å²) in [5.41, 5.74) is -2.07. The number of hydrogen-bond acceptors (Lipinski definition) is 11. The number of likely N-dealkylation sites (tertiary alicyclic amines) is 1. The Bertz CT molecular complexity index is 1940. The number of phenolic OH excluding ortho intramolecular Hbond substituents is 1. The van der Waals surface area contributed by atoms with Gasteiger partial charge in [0.1, 0.15) is 31.0 Å². The minimum atomic E-state index is -1.38. The summed E-state index contributed by atoms with van der Waals surface area (Å²) in [5, 5.41) is 26.3. The van der Waals surface area contributed by atoms with Crippen molar-refractivity contribution >= 4 is 22.5 Å². The van der Waals surface area contributed by atoms with E-state index in [1.807, 2.05) is 9.80 Å². The molecule has 1 aromatic heterocycles. The number of anilines is 1. The Kier molecular flexibility index (Phi) is 10.6. The molecule has 4 aliphatic rings. The van der Waals surface area contributed by atoms with Crippen LogP contribution in [0.15, 0.2) is 36.9 Å². The molecule has 2 unspecified atom stereocenters. The number of carbonyl (C=O) groups excluding carboxylic acids is 1. The second-order valence-corrected chi connectivity index (χ2v) is 15.1. The van der Waals surface area contributed by atoms with Crippen LogP contribution in [0.3, 0.4) is 0 Å². The highest BCUT2D eigenvalue weighted by Gasteiger charge is 2.57. The van der Waals surface area contributed by atoms with Crippen LogP contribution >= 0.6 is 0 Å². The Labute approximate surface area is 313 Å². The van der Waals surface area contributed by atoms with E-state index < -0.39 is 29.2 Å². The van der Waals surface area contributed by atoms with E-state index in [2.05, 4.69) is 22.8 Å². The summed E-state index contributed by atoms with van der Waals surface area (Å²) in [6.07, 6.45) is 8.77. The third-order valence-electron chi connectivity index (χ3n) is 11.2. The van der Waals surface area contributed by atoms with Crippen molar-refractivity contribution in [1.82, 2.24) is 20.2 Å². The third-order valence-corrected chi connectivity index (χ3v) is 11.2. The fraction of sp³-hybridized carbons (Fsp3) is 0.525. The van der Waals surface area contributed by atoms with Crippen molar-refractivity contribution in [1.29, 1.82) is 0 Å². The topological polar surface area (TPSA) is 139 Å². The molecule has 0 spiro atoms. The number of amides is 1. The lowest BCUT2D eigenvalue weighted by Crippen LogP contribution is -2.65. The van der Waals surface area contributed by atoms with E-state index in [0.29, 0.717) is 61.3 Å². The zero-order valence-corrected chi connectivity index (χ0v) is 30.7. The van der Waals surface area contributed by atoms with Crippen LogP contribution in [0.25, 0.3) is 10.8 Å². The molecule has 54 heavy (non-hydrogen) atoms. The van der Waals surface area contributed by atoms with E-state index in [9.17, 15) is 19.4 Å². The minimum absolute atomic E-state index is 0.0123. The van der Waals surface area contributed by atoms with E-state index in [1.165, 1.54) is 30.3 Å². The molecule has 2 aromatic carbocycles. The monoisotopic (exact) mass is 747 g/mol. The van der Waals surface area contributed by atoms with Crippen LogP contribution in [-0.4, -0.2) is 106 Å². The predicted octanol–water partition coefficient (Wildman–Crippen LogP) is 4.74. The van der Waals surface area contributed by atoms with Gasteiger partial charge in [-0.1, -0.05) is 18.6 Å². The van der Waals surface area contributed by atoms with Gasteiger partial charge in [-0.3, -0.25) is 9.69 Å². The molecular formula is C40H47F2N5O7. The molecule has 12 nitrogen and oxygen atoms in total. The minimum Gasteiger partial charge on any atom is -0.508 e. The van der Waals surface area contributed by atoms with Gasteiger partial charge in [0.05, 0.1) is 16.7 Å². The largest absolute Gasteiger partial charge is 0.508 e. The van der Waals surface area contributed by atoms with Crippen LogP contribution in [-0.2, 0) is 9.53 Å². The number of rotatable bonds is 9. The van der Waals surface area contributed by atoms with Crippen molar-refractivity contribution in [3.05, 3.63) is 53.9 Å². The summed E-state index contributed by atoms with van der Waals surface area (Å²) in [5.74, 6) is 2.14. The Morgan fingerprint density at radius 1 is 1.22 bits per heavy atom. The van der Waals surface area contributed by atoms with Gasteiger partial charge >= 0.3 is 6.01 Å². The number of nitrogens with one attached hydrogen (secondary N) is 1. The summed E-state index contributed by atoms with van der Waals surface area (Å²) in [6, 6.07) is 5.44. The highest BCUT2D eigenvalue weighted by molar-refractivity contribution is 5.93. The van der Waals surface area contributed by atoms with E-state index in [-0.39, 0.29) is 73.1 Å². The quantitative estimate of drug-likeness (QED) is 0.207. The molecular weight excluding hydrogens is 700 g/mol. The van der Waals surface area contributed by atoms with Crippen molar-refractivity contribution in [3.63, 3.8) is 0 Å². The molecule has 4 aliphatic heterocycles. The lowest BCUT2D eigenvalue weighted by molar-refractivity contribution is -0.119. The van der Waals surface area contributed by atoms with Gasteiger partial charge in [-0.05, 0) is 75.6 Å². The Morgan fingerprint density at radius 2 is 2.02 bits per heavy atom. The molecule has 0 aliphatic carbocycles. The molecule has 5 heterocycles. The molecule has 14 heteroatoms. The lowest BCUT2D eigenvalue weighted by Gasteiger charge is -2.49. The highest BCUT2D eigenvalue weighted by atomic mass is 19.1. The molecule has 0 bridgehead atoms. The molecule has 3 aromatic rings. The second-order valence-electron chi connectivity index (χ2n) is 15.1. The van der Waals surface area contributed by atoms with Gasteiger partial charge in [0.25, 0.3) is 5.88 Å². The summed E-state index contributed by atoms with van der Waals surface area (Å²) in [6.45, 7) is 8.96. The van der Waals surface area contributed by atoms with E-state index >= 15 is 4.39 Å². The second kappa shape index (κ2) is 15.2. The van der Waals surface area contributed by atoms with Gasteiger partial charge in [-0.25, -0.2) is 8.78 Å². The molecule has 0 saturated carbocycles. The smallest absolute Gasteiger partial charge is 0.322 e. The Morgan fingerprint density at radius 3 is 2.76 bits per heavy atom. The summed E-state index contributed by atoms with van der Waals surface area (Å²) >= 11 is 0. The number of hydrogen-bond donors (Lipinski definition) is 3. The number of fused-ring (bicyclic) bond motifs is 2. The number of aromatic nitrogens is 2. The first-order chi connectivity index (χ1) is 25.9. The maximum absolute atomic E-state index is 15.4. The molecule has 3 fully saturated rings. The summed E-state index contributed by atoms with van der Waals surface area (Å²) < 4.78 is 55.3. The Hall–Kier alpha value is -4.71. The SMILES string of the molecule is C#Cc1c(F)ccc2cc(O)cc(C3COc4c(nc(OC[C@]5(C(C)(C)O)C[C@@H](F)CN5C5CCOCC5)nc4N4CCCCC(NC(=O)C=C)C4)O3)c12. The number of nitrogens with zero attached hydrogens (tertiary/aromatic N) is 4. The molecule has 7 rings (SSSR count). The first-order valence-electron chi connectivity index (χ1n) is 18.6. The highest BCUT2D eigenvalue weighted by Crippen LogP contribution is 2.46. The number of terminal acetylenes is 1. The lowest BCUT2D eigenvalue weighted by atomic mass is 9.79. The fourth-order valence-corrected chi connectivity index (χ4v) is 8.47. The number of aromatic hydroxyl groups is 1. The van der Waals surface area contributed by atoms with Crippen LogP contribution in [0.4, 0.5) is 14.6 Å². The average Bonchev–Trinajstić information content (AvgIpc) is 3.35. The van der Waals surface area contributed by atoms with Crippen molar-refractivity contribution < 1.29 is 42.7 Å². The van der Waals surface area contributed by atoms with E-state index in [0.717, 1.165) is 19.3 Å². The van der Waals surface area contributed by atoms with Gasteiger partial charge in [-0.2, -0.15) is 9.97 Å². The fourth-order valence-electron chi connectivity index (χ4n) is 8.47. The zero-order chi connectivity index (χ0) is 38.2. The van der Waals surface area contributed by atoms with Gasteiger partial charge in [0.2, 0.25) is 11.7 Å². The molecule has 3 saturated heterocycles. The molecule has 3 N–H and O–H groups in total. The van der Waals surface area contributed by atoms with E-state index in [1.54, 1.807) is 13.8 Å². The first-order valence-corrected chi connectivity index (χ1v) is 18.6. The van der Waals surface area contributed by atoms with Crippen LogP contribution in [0.5, 0.6) is 23.4 Å². The third kappa shape index (κ3) is 7.24. The molecule has 1 amide bonds. The van der Waals surface area contributed by atoms with Crippen molar-refractivity contribution in [2.45, 2.75) is 87.9 Å². The van der Waals surface area contributed by atoms with Crippen molar-refractivity contribution in [3.8, 4) is 35.7 Å². The van der Waals surface area contributed by atoms with Gasteiger partial charge in [0.15, 0.2) is 11.9 Å². The maximum Gasteiger partial charge on any atom is 0.322 e. The molecule has 0 radical (unpaired) electrons. The number of aliphatic hydroxyl groups is 1. The van der Waals surface area contributed by atoms with Crippen LogP contribution in [0, 0.1) is 18.2 Å². The van der Waals surface area contributed by atoms with Gasteiger partial charge in [-0.15, -0.1) is 6.42 Å². The van der Waals surface area contributed by atoms with Crippen LogP contribution in [0.2, 0.25) is 0 Å². The van der Waals surface area contributed by atoms with Crippen molar-refractivity contribution in [2.75, 3.05) is 51.0 Å². The number of phenols is 1. The molecule has 288 valence electrons. The summed E-state index contributed by atoms with van der Waals surface area (Å²) in [7, 11) is 0. The number of halogens is 2. The number of benzene rings is 2.